The summed E-state index contributed by atoms with van der Waals surface area (Å²) in [7, 11) is 0. The molecule has 0 saturated heterocycles. The number of hydrogen-bond acceptors (Lipinski definition) is 9. The van der Waals surface area contributed by atoms with Crippen molar-refractivity contribution in [3.8, 4) is 22.8 Å². The number of aryl methyl sites for hydroxylation is 1. The van der Waals surface area contributed by atoms with E-state index in [4.69, 9.17) is 20.2 Å². The molecule has 0 fully saturated rings. The van der Waals surface area contributed by atoms with Crippen LogP contribution in [0.25, 0.3) is 22.4 Å². The van der Waals surface area contributed by atoms with Gasteiger partial charge in [-0.1, -0.05) is 11.8 Å². The van der Waals surface area contributed by atoms with Gasteiger partial charge in [-0.3, -0.25) is 9.89 Å². The first-order valence-electron chi connectivity index (χ1n) is 10.7. The smallest absolute Gasteiger partial charge is 0.231 e. The van der Waals surface area contributed by atoms with Crippen LogP contribution in [0.4, 0.5) is 5.82 Å². The van der Waals surface area contributed by atoms with Crippen LogP contribution < -0.4 is 20.5 Å². The first-order valence-corrected chi connectivity index (χ1v) is 11.5. The average Bonchev–Trinajstić information content (AvgIpc) is 3.51. The van der Waals surface area contributed by atoms with E-state index in [1.807, 2.05) is 43.5 Å². The number of nitrogens with one attached hydrogen (secondary N) is 2. The lowest BCUT2D eigenvalue weighted by atomic mass is 10.1. The molecule has 3 aromatic heterocycles. The number of imidazole rings is 1. The highest BCUT2D eigenvalue weighted by molar-refractivity contribution is 7.99. The fourth-order valence-corrected chi connectivity index (χ4v) is 4.69. The van der Waals surface area contributed by atoms with Crippen molar-refractivity contribution in [2.45, 2.75) is 49.3 Å². The van der Waals surface area contributed by atoms with E-state index in [1.165, 1.54) is 18.1 Å². The number of aromatic nitrogens is 6. The Morgan fingerprint density at radius 3 is 2.79 bits per heavy atom. The van der Waals surface area contributed by atoms with Crippen LogP contribution in [0.5, 0.6) is 11.5 Å². The van der Waals surface area contributed by atoms with Crippen molar-refractivity contribution in [2.75, 3.05) is 12.5 Å². The van der Waals surface area contributed by atoms with Crippen LogP contribution in [0.3, 0.4) is 0 Å². The number of nitrogen functional groups attached to an aromatic ring is 1. The van der Waals surface area contributed by atoms with E-state index in [0.717, 1.165) is 16.2 Å². The second-order valence-corrected chi connectivity index (χ2v) is 9.80. The minimum absolute atomic E-state index is 0.0624. The molecule has 4 heterocycles. The number of amides is 1. The van der Waals surface area contributed by atoms with Crippen molar-refractivity contribution < 1.29 is 14.3 Å². The van der Waals surface area contributed by atoms with Gasteiger partial charge >= 0.3 is 0 Å². The number of carbonyl (C=O) groups excluding carboxylic acids is 1. The number of benzene rings is 1. The normalized spacial score (nSPS) is 12.9. The summed E-state index contributed by atoms with van der Waals surface area (Å²) >= 11 is 1.41. The highest BCUT2D eigenvalue weighted by atomic mass is 32.2. The number of rotatable bonds is 6. The zero-order chi connectivity index (χ0) is 23.9. The van der Waals surface area contributed by atoms with Gasteiger partial charge in [0.2, 0.25) is 12.7 Å². The topological polar surface area (TPSA) is 146 Å². The van der Waals surface area contributed by atoms with E-state index in [9.17, 15) is 4.79 Å². The number of hydrogen-bond donors (Lipinski definition) is 3. The summed E-state index contributed by atoms with van der Waals surface area (Å²) in [5.74, 6) is 1.52. The molecule has 12 heteroatoms. The van der Waals surface area contributed by atoms with Gasteiger partial charge < -0.3 is 25.1 Å². The molecule has 0 spiro atoms. The van der Waals surface area contributed by atoms with Gasteiger partial charge in [-0.15, -0.1) is 0 Å². The maximum atomic E-state index is 12.5. The molecule has 34 heavy (non-hydrogen) atoms. The fraction of sp³-hybridized carbons (Fsp3) is 0.318. The van der Waals surface area contributed by atoms with E-state index in [-0.39, 0.29) is 30.5 Å². The van der Waals surface area contributed by atoms with Crippen molar-refractivity contribution in [2.24, 2.45) is 0 Å². The van der Waals surface area contributed by atoms with Crippen LogP contribution in [0, 0.1) is 0 Å². The molecular weight excluding hydrogens is 456 g/mol. The molecule has 0 aliphatic carbocycles. The summed E-state index contributed by atoms with van der Waals surface area (Å²) in [5.41, 5.74) is 8.45. The van der Waals surface area contributed by atoms with Crippen molar-refractivity contribution in [1.29, 1.82) is 0 Å². The molecule has 1 amide bonds. The molecule has 176 valence electrons. The maximum Gasteiger partial charge on any atom is 0.231 e. The molecule has 0 saturated carbocycles. The van der Waals surface area contributed by atoms with Gasteiger partial charge in [-0.05, 0) is 39.0 Å². The van der Waals surface area contributed by atoms with Crippen LogP contribution in [0.1, 0.15) is 27.2 Å². The van der Waals surface area contributed by atoms with Gasteiger partial charge in [0.05, 0.1) is 5.69 Å². The molecule has 0 atom stereocenters. The first-order chi connectivity index (χ1) is 16.3. The second-order valence-electron chi connectivity index (χ2n) is 8.79. The number of ether oxygens (including phenoxy) is 2. The third kappa shape index (κ3) is 4.36. The first kappa shape index (κ1) is 22.0. The molecule has 1 aliphatic rings. The highest BCUT2D eigenvalue weighted by Gasteiger charge is 2.23. The molecule has 4 aromatic rings. The van der Waals surface area contributed by atoms with Crippen LogP contribution in [0.15, 0.2) is 40.8 Å². The minimum atomic E-state index is -0.316. The van der Waals surface area contributed by atoms with Gasteiger partial charge in [0.15, 0.2) is 33.6 Å². The van der Waals surface area contributed by atoms with Crippen LogP contribution >= 0.6 is 11.8 Å². The predicted molar refractivity (Wildman–Crippen MR) is 127 cm³/mol. The van der Waals surface area contributed by atoms with Gasteiger partial charge in [0.25, 0.3) is 0 Å². The highest BCUT2D eigenvalue weighted by Crippen LogP contribution is 2.44. The van der Waals surface area contributed by atoms with E-state index >= 15 is 0 Å². The van der Waals surface area contributed by atoms with Crippen LogP contribution in [-0.2, 0) is 11.3 Å². The van der Waals surface area contributed by atoms with E-state index < -0.39 is 0 Å². The van der Waals surface area contributed by atoms with E-state index in [1.54, 1.807) is 6.20 Å². The molecular formula is C22H24N8O3S. The number of fused-ring (bicyclic) bond motifs is 2. The van der Waals surface area contributed by atoms with Gasteiger partial charge in [0, 0.05) is 35.2 Å². The predicted octanol–water partition coefficient (Wildman–Crippen LogP) is 2.98. The Hall–Kier alpha value is -3.80. The maximum absolute atomic E-state index is 12.5. The SMILES string of the molecule is CC(C)(C)NC(=O)CCn1c(Sc2cc3c(cc2-c2cc[nH]n2)OCO3)nc2c(N)ncnc21. The quantitative estimate of drug-likeness (QED) is 0.379. The minimum Gasteiger partial charge on any atom is -0.454 e. The van der Waals surface area contributed by atoms with Gasteiger partial charge in [-0.2, -0.15) is 5.10 Å². The van der Waals surface area contributed by atoms with E-state index in [2.05, 4.69) is 25.5 Å². The fourth-order valence-electron chi connectivity index (χ4n) is 3.62. The Bertz CT molecular complexity index is 1360. The Kier molecular flexibility index (Phi) is 5.52. The van der Waals surface area contributed by atoms with Crippen molar-refractivity contribution >= 4 is 34.7 Å². The third-order valence-electron chi connectivity index (χ3n) is 5.05. The van der Waals surface area contributed by atoms with Crippen molar-refractivity contribution in [3.63, 3.8) is 0 Å². The lowest BCUT2D eigenvalue weighted by molar-refractivity contribution is -0.122. The Morgan fingerprint density at radius 1 is 1.26 bits per heavy atom. The van der Waals surface area contributed by atoms with E-state index in [0.29, 0.717) is 34.4 Å². The van der Waals surface area contributed by atoms with Gasteiger partial charge in [-0.25, -0.2) is 15.0 Å². The molecule has 1 aliphatic heterocycles. The number of anilines is 1. The Balaban J connectivity index is 1.54. The summed E-state index contributed by atoms with van der Waals surface area (Å²) in [6.45, 7) is 6.38. The number of H-pyrrole nitrogens is 1. The molecule has 0 bridgehead atoms. The zero-order valence-corrected chi connectivity index (χ0v) is 19.8. The molecule has 0 unspecified atom stereocenters. The summed E-state index contributed by atoms with van der Waals surface area (Å²) in [5, 5.41) is 10.8. The molecule has 5 rings (SSSR count). The van der Waals surface area contributed by atoms with Gasteiger partial charge in [0.1, 0.15) is 6.33 Å². The zero-order valence-electron chi connectivity index (χ0n) is 19.0. The largest absolute Gasteiger partial charge is 0.454 e. The molecule has 11 nitrogen and oxygen atoms in total. The summed E-state index contributed by atoms with van der Waals surface area (Å²) in [6.07, 6.45) is 3.41. The molecule has 4 N–H and O–H groups in total. The van der Waals surface area contributed by atoms with Crippen molar-refractivity contribution in [3.05, 3.63) is 30.7 Å². The average molecular weight is 481 g/mol. The summed E-state index contributed by atoms with van der Waals surface area (Å²) in [4.78, 5) is 26.6. The second kappa shape index (κ2) is 8.52. The third-order valence-corrected chi connectivity index (χ3v) is 6.11. The number of aromatic amines is 1. The van der Waals surface area contributed by atoms with Crippen LogP contribution in [-0.4, -0.2) is 48.0 Å². The molecule has 0 radical (unpaired) electrons. The monoisotopic (exact) mass is 480 g/mol. The Labute approximate surface area is 199 Å². The standard InChI is InChI=1S/C22H24N8O3S/c1-22(2,3)28-17(31)5-7-30-20-18(19(23)24-10-25-20)27-21(30)34-16-9-15-14(32-11-33-15)8-12(16)13-4-6-26-29-13/h4,6,8-10H,5,7,11H2,1-3H3,(H,26,29)(H,28,31)(H2,23,24,25). The molecule has 1 aromatic carbocycles. The number of nitrogens with two attached hydrogens (primary N) is 1. The number of carbonyl (C=O) groups is 1. The number of nitrogens with zero attached hydrogens (tertiary/aromatic N) is 5. The van der Waals surface area contributed by atoms with Crippen molar-refractivity contribution in [1.82, 2.24) is 35.0 Å². The lowest BCUT2D eigenvalue weighted by Gasteiger charge is -2.20. The summed E-state index contributed by atoms with van der Waals surface area (Å²) in [6, 6.07) is 5.69. The Morgan fingerprint density at radius 2 is 2.06 bits per heavy atom. The van der Waals surface area contributed by atoms with Crippen LogP contribution in [0.2, 0.25) is 0 Å². The summed E-state index contributed by atoms with van der Waals surface area (Å²) < 4.78 is 13.0. The lowest BCUT2D eigenvalue weighted by Crippen LogP contribution is -2.40.